The fourth-order valence-electron chi connectivity index (χ4n) is 3.01. The van der Waals surface area contributed by atoms with Gasteiger partial charge in [-0.2, -0.15) is 0 Å². The lowest BCUT2D eigenvalue weighted by molar-refractivity contribution is 0.372. The predicted molar refractivity (Wildman–Crippen MR) is 115 cm³/mol. The van der Waals surface area contributed by atoms with Gasteiger partial charge in [0.1, 0.15) is 0 Å². The fourth-order valence-corrected chi connectivity index (χ4v) is 3.01. The first-order valence-electron chi connectivity index (χ1n) is 8.44. The minimum atomic E-state index is 0. The zero-order valence-electron chi connectivity index (χ0n) is 14.9. The molecule has 0 unspecified atom stereocenters. The Hall–Kier alpha value is -1.83. The number of nitrogens with one attached hydrogen (secondary N) is 1. The molecule has 2 aromatic rings. The second-order valence-corrected chi connectivity index (χ2v) is 5.98. The Bertz CT molecular complexity index is 681. The van der Waals surface area contributed by atoms with Crippen LogP contribution in [0.4, 0.5) is 5.69 Å². The largest absolute Gasteiger partial charge is 0.368 e. The normalized spacial score (nSPS) is 14.9. The van der Waals surface area contributed by atoms with Gasteiger partial charge in [-0.3, -0.25) is 9.98 Å². The highest BCUT2D eigenvalue weighted by atomic mass is 127. The van der Waals surface area contributed by atoms with Crippen LogP contribution in [0.3, 0.4) is 0 Å². The molecule has 3 rings (SSSR count). The second-order valence-electron chi connectivity index (χ2n) is 5.98. The number of aliphatic imine (C=N–C) groups is 1. The summed E-state index contributed by atoms with van der Waals surface area (Å²) in [5, 5.41) is 3.45. The summed E-state index contributed by atoms with van der Waals surface area (Å²) in [5.74, 6) is 0.952. The number of guanidine groups is 1. The van der Waals surface area contributed by atoms with Gasteiger partial charge in [-0.15, -0.1) is 24.0 Å². The molecule has 25 heavy (non-hydrogen) atoms. The third kappa shape index (κ3) is 5.07. The van der Waals surface area contributed by atoms with E-state index in [1.807, 2.05) is 19.3 Å². The van der Waals surface area contributed by atoms with Gasteiger partial charge in [-0.25, -0.2) is 0 Å². The van der Waals surface area contributed by atoms with Crippen molar-refractivity contribution >= 4 is 35.6 Å². The first-order chi connectivity index (χ1) is 11.8. The molecule has 1 fully saturated rings. The van der Waals surface area contributed by atoms with Crippen molar-refractivity contribution in [2.75, 3.05) is 38.1 Å². The summed E-state index contributed by atoms with van der Waals surface area (Å²) in [6.07, 6.45) is 1.84. The Kier molecular flexibility index (Phi) is 7.49. The van der Waals surface area contributed by atoms with Crippen LogP contribution in [0.15, 0.2) is 53.7 Å². The summed E-state index contributed by atoms with van der Waals surface area (Å²) in [6.45, 7) is 6.75. The predicted octanol–water partition coefficient (Wildman–Crippen LogP) is 2.91. The van der Waals surface area contributed by atoms with E-state index in [1.165, 1.54) is 11.3 Å². The molecule has 0 aliphatic carbocycles. The van der Waals surface area contributed by atoms with Crippen LogP contribution in [0.5, 0.6) is 0 Å². The summed E-state index contributed by atoms with van der Waals surface area (Å²) in [4.78, 5) is 13.6. The smallest absolute Gasteiger partial charge is 0.194 e. The standard InChI is InChI=1S/C19H25N5.HI/c1-16-7-6-10-21-18(16)15-22-19(20-2)24-13-11-23(12-14-24)17-8-4-3-5-9-17;/h3-10H,11-15H2,1-2H3,(H,20,22);1H. The van der Waals surface area contributed by atoms with Crippen molar-refractivity contribution in [2.24, 2.45) is 4.99 Å². The molecule has 0 spiro atoms. The third-order valence-corrected chi connectivity index (χ3v) is 4.44. The fraction of sp³-hybridized carbons (Fsp3) is 0.368. The molecule has 0 saturated carbocycles. The average molecular weight is 451 g/mol. The van der Waals surface area contributed by atoms with Crippen LogP contribution >= 0.6 is 24.0 Å². The molecule has 5 nitrogen and oxygen atoms in total. The Balaban J connectivity index is 0.00000225. The third-order valence-electron chi connectivity index (χ3n) is 4.44. The summed E-state index contributed by atoms with van der Waals surface area (Å²) >= 11 is 0. The van der Waals surface area contributed by atoms with E-state index in [2.05, 4.69) is 68.4 Å². The average Bonchev–Trinajstić information content (AvgIpc) is 2.65. The zero-order valence-corrected chi connectivity index (χ0v) is 17.2. The monoisotopic (exact) mass is 451 g/mol. The van der Waals surface area contributed by atoms with Crippen LogP contribution in [-0.4, -0.2) is 49.1 Å². The number of anilines is 1. The SMILES string of the molecule is CN=C(NCc1ncccc1C)N1CCN(c2ccccc2)CC1.I. The Labute approximate surface area is 167 Å². The van der Waals surface area contributed by atoms with Crippen LogP contribution in [0.25, 0.3) is 0 Å². The molecule has 0 bridgehead atoms. The lowest BCUT2D eigenvalue weighted by Gasteiger charge is -2.37. The van der Waals surface area contributed by atoms with Crippen molar-refractivity contribution in [1.29, 1.82) is 0 Å². The highest BCUT2D eigenvalue weighted by Gasteiger charge is 2.19. The van der Waals surface area contributed by atoms with Crippen LogP contribution in [0.1, 0.15) is 11.3 Å². The molecule has 2 heterocycles. The number of benzene rings is 1. The first kappa shape index (κ1) is 19.5. The van der Waals surface area contributed by atoms with E-state index in [1.54, 1.807) is 0 Å². The van der Waals surface area contributed by atoms with E-state index in [9.17, 15) is 0 Å². The number of rotatable bonds is 3. The van der Waals surface area contributed by atoms with Gasteiger partial charge in [0.25, 0.3) is 0 Å². The number of aromatic nitrogens is 1. The molecular weight excluding hydrogens is 425 g/mol. The number of para-hydroxylation sites is 1. The van der Waals surface area contributed by atoms with Gasteiger partial charge < -0.3 is 15.1 Å². The quantitative estimate of drug-likeness (QED) is 0.443. The van der Waals surface area contributed by atoms with E-state index < -0.39 is 0 Å². The number of piperazine rings is 1. The van der Waals surface area contributed by atoms with Crippen molar-refractivity contribution in [1.82, 2.24) is 15.2 Å². The van der Waals surface area contributed by atoms with E-state index in [-0.39, 0.29) is 24.0 Å². The molecule has 1 aliphatic rings. The van der Waals surface area contributed by atoms with Crippen LogP contribution in [0, 0.1) is 6.92 Å². The maximum absolute atomic E-state index is 4.44. The van der Waals surface area contributed by atoms with Crippen LogP contribution < -0.4 is 10.2 Å². The lowest BCUT2D eigenvalue weighted by atomic mass is 10.2. The molecule has 0 atom stereocenters. The molecular formula is C19H26IN5. The van der Waals surface area contributed by atoms with Gasteiger partial charge in [0.15, 0.2) is 5.96 Å². The lowest BCUT2D eigenvalue weighted by Crippen LogP contribution is -2.52. The number of nitrogens with zero attached hydrogens (tertiary/aromatic N) is 4. The summed E-state index contributed by atoms with van der Waals surface area (Å²) < 4.78 is 0. The van der Waals surface area contributed by atoms with Gasteiger partial charge in [-0.05, 0) is 30.7 Å². The summed E-state index contributed by atoms with van der Waals surface area (Å²) in [6, 6.07) is 14.7. The van der Waals surface area contributed by atoms with Crippen molar-refractivity contribution in [2.45, 2.75) is 13.5 Å². The molecule has 1 aromatic heterocycles. The molecule has 1 N–H and O–H groups in total. The minimum absolute atomic E-state index is 0. The molecule has 0 amide bonds. The van der Waals surface area contributed by atoms with Crippen molar-refractivity contribution in [3.05, 3.63) is 59.9 Å². The topological polar surface area (TPSA) is 43.8 Å². The Morgan fingerprint density at radius 3 is 2.44 bits per heavy atom. The number of pyridine rings is 1. The highest BCUT2D eigenvalue weighted by molar-refractivity contribution is 14.0. The highest BCUT2D eigenvalue weighted by Crippen LogP contribution is 2.15. The van der Waals surface area contributed by atoms with Gasteiger partial charge in [0.05, 0.1) is 12.2 Å². The number of hydrogen-bond donors (Lipinski definition) is 1. The molecule has 1 aromatic carbocycles. The molecule has 134 valence electrons. The van der Waals surface area contributed by atoms with E-state index >= 15 is 0 Å². The van der Waals surface area contributed by atoms with Crippen LogP contribution in [-0.2, 0) is 6.54 Å². The Morgan fingerprint density at radius 1 is 1.08 bits per heavy atom. The van der Waals surface area contributed by atoms with Crippen molar-refractivity contribution < 1.29 is 0 Å². The van der Waals surface area contributed by atoms with Gasteiger partial charge in [-0.1, -0.05) is 24.3 Å². The van der Waals surface area contributed by atoms with Gasteiger partial charge in [0, 0.05) is 45.1 Å². The maximum Gasteiger partial charge on any atom is 0.194 e. The number of aryl methyl sites for hydroxylation is 1. The second kappa shape index (κ2) is 9.60. The molecule has 0 radical (unpaired) electrons. The van der Waals surface area contributed by atoms with Gasteiger partial charge >= 0.3 is 0 Å². The van der Waals surface area contributed by atoms with E-state index in [0.717, 1.165) is 37.8 Å². The number of halogens is 1. The molecule has 1 aliphatic heterocycles. The minimum Gasteiger partial charge on any atom is -0.368 e. The zero-order chi connectivity index (χ0) is 16.8. The molecule has 1 saturated heterocycles. The van der Waals surface area contributed by atoms with Gasteiger partial charge in [0.2, 0.25) is 0 Å². The first-order valence-corrected chi connectivity index (χ1v) is 8.44. The summed E-state index contributed by atoms with van der Waals surface area (Å²) in [5.41, 5.74) is 3.57. The van der Waals surface area contributed by atoms with E-state index in [0.29, 0.717) is 6.54 Å². The summed E-state index contributed by atoms with van der Waals surface area (Å²) in [7, 11) is 1.84. The van der Waals surface area contributed by atoms with Crippen molar-refractivity contribution in [3.63, 3.8) is 0 Å². The van der Waals surface area contributed by atoms with E-state index in [4.69, 9.17) is 0 Å². The molecule has 6 heteroatoms. The number of hydrogen-bond acceptors (Lipinski definition) is 3. The maximum atomic E-state index is 4.44. The van der Waals surface area contributed by atoms with Crippen molar-refractivity contribution in [3.8, 4) is 0 Å². The van der Waals surface area contributed by atoms with Crippen LogP contribution in [0.2, 0.25) is 0 Å². The Morgan fingerprint density at radius 2 is 1.80 bits per heavy atom.